The second kappa shape index (κ2) is 5.94. The van der Waals surface area contributed by atoms with Gasteiger partial charge in [0.2, 0.25) is 0 Å². The number of benzene rings is 1. The molecule has 2 heterocycles. The summed E-state index contributed by atoms with van der Waals surface area (Å²) < 4.78 is 6.92. The maximum absolute atomic E-state index is 5.80. The first-order valence-electron chi connectivity index (χ1n) is 6.79. The van der Waals surface area contributed by atoms with E-state index >= 15 is 0 Å². The molecule has 0 saturated heterocycles. The van der Waals surface area contributed by atoms with Crippen LogP contribution in [0.2, 0.25) is 0 Å². The minimum atomic E-state index is 0.242. The normalized spacial score (nSPS) is 14.7. The van der Waals surface area contributed by atoms with Gasteiger partial charge in [-0.15, -0.1) is 0 Å². The number of nitrogens with zero attached hydrogens (tertiary/aromatic N) is 1. The van der Waals surface area contributed by atoms with Crippen molar-refractivity contribution in [2.24, 2.45) is 0 Å². The van der Waals surface area contributed by atoms with Gasteiger partial charge in [0.05, 0.1) is 6.61 Å². The van der Waals surface area contributed by atoms with Crippen LogP contribution in [-0.4, -0.2) is 18.6 Å². The fraction of sp³-hybridized carbons (Fsp3) is 0.312. The summed E-state index contributed by atoms with van der Waals surface area (Å²) in [7, 11) is 1.98. The van der Waals surface area contributed by atoms with Gasteiger partial charge in [-0.2, -0.15) is 0 Å². The van der Waals surface area contributed by atoms with E-state index in [0.717, 1.165) is 29.7 Å². The number of pyridine rings is 1. The summed E-state index contributed by atoms with van der Waals surface area (Å²) in [6, 6.07) is 8.63. The van der Waals surface area contributed by atoms with Crippen molar-refractivity contribution < 1.29 is 4.74 Å². The molecule has 1 atom stereocenters. The fourth-order valence-electron chi connectivity index (χ4n) is 2.69. The van der Waals surface area contributed by atoms with Crippen molar-refractivity contribution in [3.05, 3.63) is 57.8 Å². The Balaban J connectivity index is 1.91. The molecule has 0 saturated carbocycles. The Morgan fingerprint density at radius 1 is 1.45 bits per heavy atom. The lowest BCUT2D eigenvalue weighted by Gasteiger charge is -2.18. The molecule has 20 heavy (non-hydrogen) atoms. The molecule has 0 aliphatic carbocycles. The van der Waals surface area contributed by atoms with Crippen molar-refractivity contribution in [2.75, 3.05) is 13.7 Å². The largest absolute Gasteiger partial charge is 0.493 e. The number of hydrogen-bond donors (Lipinski definition) is 1. The van der Waals surface area contributed by atoms with Crippen molar-refractivity contribution in [2.45, 2.75) is 18.9 Å². The number of likely N-dealkylation sites (N-methyl/N-ethyl adjacent to an activating group) is 1. The maximum Gasteiger partial charge on any atom is 0.125 e. The highest BCUT2D eigenvalue weighted by molar-refractivity contribution is 9.10. The molecule has 3 rings (SSSR count). The van der Waals surface area contributed by atoms with Gasteiger partial charge in [-0.25, -0.2) is 0 Å². The monoisotopic (exact) mass is 332 g/mol. The molecular formula is C16H17BrN2O. The van der Waals surface area contributed by atoms with E-state index in [1.165, 1.54) is 16.7 Å². The Kier molecular flexibility index (Phi) is 4.03. The van der Waals surface area contributed by atoms with Crippen LogP contribution in [0.3, 0.4) is 0 Å². The first-order chi connectivity index (χ1) is 9.78. The van der Waals surface area contributed by atoms with E-state index in [9.17, 15) is 0 Å². The quantitative estimate of drug-likeness (QED) is 0.932. The molecule has 0 bridgehead atoms. The van der Waals surface area contributed by atoms with E-state index < -0.39 is 0 Å². The molecule has 1 aliphatic rings. The summed E-state index contributed by atoms with van der Waals surface area (Å²) >= 11 is 3.60. The van der Waals surface area contributed by atoms with Gasteiger partial charge in [0.25, 0.3) is 0 Å². The molecule has 1 aliphatic heterocycles. The zero-order valence-corrected chi connectivity index (χ0v) is 13.0. The van der Waals surface area contributed by atoms with Gasteiger partial charge >= 0.3 is 0 Å². The third-order valence-electron chi connectivity index (χ3n) is 3.68. The van der Waals surface area contributed by atoms with Gasteiger partial charge in [-0.1, -0.05) is 22.0 Å². The van der Waals surface area contributed by atoms with Crippen LogP contribution >= 0.6 is 15.9 Å². The summed E-state index contributed by atoms with van der Waals surface area (Å²) in [6.07, 6.45) is 5.61. The molecule has 0 spiro atoms. The Morgan fingerprint density at radius 2 is 2.35 bits per heavy atom. The van der Waals surface area contributed by atoms with Crippen molar-refractivity contribution in [3.8, 4) is 5.75 Å². The number of halogens is 1. The Morgan fingerprint density at radius 3 is 3.10 bits per heavy atom. The number of hydrogen-bond acceptors (Lipinski definition) is 3. The molecule has 1 aromatic carbocycles. The average molecular weight is 333 g/mol. The zero-order valence-electron chi connectivity index (χ0n) is 11.4. The minimum absolute atomic E-state index is 0.242. The van der Waals surface area contributed by atoms with Crippen molar-refractivity contribution in [3.63, 3.8) is 0 Å². The predicted molar refractivity (Wildman–Crippen MR) is 83.1 cm³/mol. The summed E-state index contributed by atoms with van der Waals surface area (Å²) in [5, 5.41) is 3.37. The van der Waals surface area contributed by atoms with Gasteiger partial charge in [0, 0.05) is 29.3 Å². The first kappa shape index (κ1) is 13.6. The molecule has 1 unspecified atom stereocenters. The highest BCUT2D eigenvalue weighted by Gasteiger charge is 2.20. The van der Waals surface area contributed by atoms with Crippen molar-refractivity contribution in [1.82, 2.24) is 10.3 Å². The number of rotatable bonds is 4. The molecule has 2 aromatic rings. The van der Waals surface area contributed by atoms with Crippen LogP contribution in [0.1, 0.15) is 22.7 Å². The van der Waals surface area contributed by atoms with Crippen LogP contribution in [0.5, 0.6) is 5.75 Å². The lowest BCUT2D eigenvalue weighted by molar-refractivity contribution is 0.352. The van der Waals surface area contributed by atoms with Crippen molar-refractivity contribution >= 4 is 15.9 Å². The van der Waals surface area contributed by atoms with Crippen LogP contribution in [0.25, 0.3) is 0 Å². The number of ether oxygens (including phenoxy) is 1. The van der Waals surface area contributed by atoms with E-state index in [2.05, 4.69) is 44.4 Å². The summed E-state index contributed by atoms with van der Waals surface area (Å²) in [4.78, 5) is 4.20. The Labute approximate surface area is 127 Å². The summed E-state index contributed by atoms with van der Waals surface area (Å²) in [6.45, 7) is 0.788. The standard InChI is InChI=1S/C16H17BrN2O/c1-18-15(12-3-2-5-19-10-12)9-13-8-14(17)7-11-4-6-20-16(11)13/h2-3,5,7-8,10,15,18H,4,6,9H2,1H3. The van der Waals surface area contributed by atoms with Gasteiger partial charge in [0.15, 0.2) is 0 Å². The topological polar surface area (TPSA) is 34.1 Å². The van der Waals surface area contributed by atoms with Crippen molar-refractivity contribution in [1.29, 1.82) is 0 Å². The Hall–Kier alpha value is -1.39. The maximum atomic E-state index is 5.80. The van der Waals surface area contributed by atoms with Crippen LogP contribution in [-0.2, 0) is 12.8 Å². The molecule has 1 N–H and O–H groups in total. The second-order valence-electron chi connectivity index (χ2n) is 4.98. The Bertz CT molecular complexity index is 601. The molecule has 0 radical (unpaired) electrons. The third-order valence-corrected chi connectivity index (χ3v) is 4.14. The molecule has 104 valence electrons. The van der Waals surface area contributed by atoms with E-state index in [1.807, 2.05) is 19.3 Å². The second-order valence-corrected chi connectivity index (χ2v) is 5.90. The molecule has 1 aromatic heterocycles. The van der Waals surface area contributed by atoms with E-state index in [-0.39, 0.29) is 6.04 Å². The number of nitrogens with one attached hydrogen (secondary N) is 1. The summed E-state index contributed by atoms with van der Waals surface area (Å²) in [5.74, 6) is 1.07. The smallest absolute Gasteiger partial charge is 0.125 e. The van der Waals surface area contributed by atoms with Crippen LogP contribution < -0.4 is 10.1 Å². The highest BCUT2D eigenvalue weighted by atomic mass is 79.9. The van der Waals surface area contributed by atoms with Crippen LogP contribution in [0.15, 0.2) is 41.1 Å². The molecule has 0 amide bonds. The number of aromatic nitrogens is 1. The first-order valence-corrected chi connectivity index (χ1v) is 7.58. The lowest BCUT2D eigenvalue weighted by atomic mass is 9.98. The van der Waals surface area contributed by atoms with Gasteiger partial charge in [-0.05, 0) is 48.4 Å². The average Bonchev–Trinajstić information content (AvgIpc) is 2.93. The number of fused-ring (bicyclic) bond motifs is 1. The van der Waals surface area contributed by atoms with E-state index in [1.54, 1.807) is 6.20 Å². The lowest BCUT2D eigenvalue weighted by Crippen LogP contribution is -2.19. The van der Waals surface area contributed by atoms with E-state index in [4.69, 9.17) is 4.74 Å². The molecule has 0 fully saturated rings. The SMILES string of the molecule is CNC(Cc1cc(Br)cc2c1OCC2)c1cccnc1. The van der Waals surface area contributed by atoms with Gasteiger partial charge < -0.3 is 10.1 Å². The van der Waals surface area contributed by atoms with Gasteiger partial charge in [-0.3, -0.25) is 4.98 Å². The molecule has 4 heteroatoms. The summed E-state index contributed by atoms with van der Waals surface area (Å²) in [5.41, 5.74) is 3.74. The highest BCUT2D eigenvalue weighted by Crippen LogP contribution is 2.35. The minimum Gasteiger partial charge on any atom is -0.493 e. The van der Waals surface area contributed by atoms with Crippen LogP contribution in [0.4, 0.5) is 0 Å². The molecular weight excluding hydrogens is 316 g/mol. The van der Waals surface area contributed by atoms with E-state index in [0.29, 0.717) is 0 Å². The predicted octanol–water partition coefficient (Wildman–Crippen LogP) is 3.28. The zero-order chi connectivity index (χ0) is 13.9. The van der Waals surface area contributed by atoms with Gasteiger partial charge in [0.1, 0.15) is 5.75 Å². The third kappa shape index (κ3) is 2.72. The van der Waals surface area contributed by atoms with Crippen LogP contribution in [0, 0.1) is 0 Å². The molecule has 3 nitrogen and oxygen atoms in total. The fourth-order valence-corrected chi connectivity index (χ4v) is 3.24.